The quantitative estimate of drug-likeness (QED) is 0.592. The normalized spacial score (nSPS) is 25.1. The zero-order chi connectivity index (χ0) is 13.2. The van der Waals surface area contributed by atoms with E-state index in [0.29, 0.717) is 5.56 Å². The van der Waals surface area contributed by atoms with Crippen LogP contribution in [0.5, 0.6) is 5.75 Å². The predicted octanol–water partition coefficient (Wildman–Crippen LogP) is 2.93. The van der Waals surface area contributed by atoms with Crippen molar-refractivity contribution in [3.63, 3.8) is 0 Å². The summed E-state index contributed by atoms with van der Waals surface area (Å²) in [6.45, 7) is 3.13. The molecule has 102 valence electrons. The molecular formula is C15H18ClNO2. The van der Waals surface area contributed by atoms with E-state index < -0.39 is 5.24 Å². The fourth-order valence-corrected chi connectivity index (χ4v) is 3.03. The van der Waals surface area contributed by atoms with Crippen molar-refractivity contribution in [3.8, 4) is 5.75 Å². The molecule has 0 bridgehead atoms. The van der Waals surface area contributed by atoms with Gasteiger partial charge in [-0.25, -0.2) is 0 Å². The molecule has 3 nitrogen and oxygen atoms in total. The number of piperidine rings is 1. The first kappa shape index (κ1) is 12.9. The minimum Gasteiger partial charge on any atom is -0.494 e. The topological polar surface area (TPSA) is 29.5 Å². The van der Waals surface area contributed by atoms with Gasteiger partial charge in [0.1, 0.15) is 5.75 Å². The van der Waals surface area contributed by atoms with Gasteiger partial charge in [0, 0.05) is 18.2 Å². The molecule has 0 radical (unpaired) electrons. The molecule has 4 heteroatoms. The van der Waals surface area contributed by atoms with Gasteiger partial charge < -0.3 is 4.74 Å². The lowest BCUT2D eigenvalue weighted by Gasteiger charge is -2.17. The Morgan fingerprint density at radius 3 is 2.74 bits per heavy atom. The van der Waals surface area contributed by atoms with Crippen LogP contribution in [0.2, 0.25) is 0 Å². The average Bonchev–Trinajstić information content (AvgIpc) is 3.09. The van der Waals surface area contributed by atoms with Crippen molar-refractivity contribution in [1.29, 1.82) is 0 Å². The van der Waals surface area contributed by atoms with Crippen molar-refractivity contribution in [3.05, 3.63) is 29.8 Å². The van der Waals surface area contributed by atoms with Gasteiger partial charge in [0.25, 0.3) is 5.24 Å². The van der Waals surface area contributed by atoms with E-state index in [0.717, 1.165) is 37.3 Å². The fourth-order valence-electron chi connectivity index (χ4n) is 2.90. The number of rotatable bonds is 6. The highest BCUT2D eigenvalue weighted by Crippen LogP contribution is 2.44. The second kappa shape index (κ2) is 5.51. The molecule has 2 aliphatic rings. The third-order valence-electron chi connectivity index (χ3n) is 4.08. The van der Waals surface area contributed by atoms with Crippen LogP contribution < -0.4 is 4.74 Å². The molecule has 1 saturated carbocycles. The molecule has 1 aromatic carbocycles. The summed E-state index contributed by atoms with van der Waals surface area (Å²) in [7, 11) is 0. The van der Waals surface area contributed by atoms with E-state index in [2.05, 4.69) is 4.90 Å². The van der Waals surface area contributed by atoms with Crippen LogP contribution in [-0.2, 0) is 0 Å². The molecule has 2 fully saturated rings. The lowest BCUT2D eigenvalue weighted by Crippen LogP contribution is -2.25. The second-order valence-electron chi connectivity index (χ2n) is 5.39. The van der Waals surface area contributed by atoms with Crippen molar-refractivity contribution < 1.29 is 9.53 Å². The van der Waals surface area contributed by atoms with E-state index in [4.69, 9.17) is 16.3 Å². The van der Waals surface area contributed by atoms with Gasteiger partial charge in [-0.1, -0.05) is 0 Å². The number of nitrogens with zero attached hydrogens (tertiary/aromatic N) is 1. The lowest BCUT2D eigenvalue weighted by atomic mass is 10.2. The molecule has 2 unspecified atom stereocenters. The minimum absolute atomic E-state index is 0.431. The van der Waals surface area contributed by atoms with Gasteiger partial charge in [-0.05, 0) is 67.6 Å². The van der Waals surface area contributed by atoms with Crippen LogP contribution in [0.1, 0.15) is 29.6 Å². The van der Waals surface area contributed by atoms with Crippen LogP contribution >= 0.6 is 11.6 Å². The summed E-state index contributed by atoms with van der Waals surface area (Å²) in [5, 5.41) is -0.431. The smallest absolute Gasteiger partial charge is 0.252 e. The van der Waals surface area contributed by atoms with E-state index in [9.17, 15) is 4.79 Å². The fraction of sp³-hybridized carbons (Fsp3) is 0.533. The van der Waals surface area contributed by atoms with Gasteiger partial charge in [0.05, 0.1) is 6.61 Å². The molecule has 1 heterocycles. The molecule has 19 heavy (non-hydrogen) atoms. The number of carbonyl (C=O) groups is 1. The molecule has 1 aromatic rings. The molecule has 3 rings (SSSR count). The largest absolute Gasteiger partial charge is 0.494 e. The van der Waals surface area contributed by atoms with Crippen LogP contribution in [0, 0.1) is 5.92 Å². The van der Waals surface area contributed by atoms with Crippen LogP contribution in [0.15, 0.2) is 24.3 Å². The average molecular weight is 280 g/mol. The third-order valence-corrected chi connectivity index (χ3v) is 4.30. The number of benzene rings is 1. The summed E-state index contributed by atoms with van der Waals surface area (Å²) in [5.41, 5.74) is 0.505. The summed E-state index contributed by atoms with van der Waals surface area (Å²) < 4.78 is 5.67. The molecule has 0 N–H and O–H groups in total. The van der Waals surface area contributed by atoms with E-state index in [1.54, 1.807) is 24.3 Å². The van der Waals surface area contributed by atoms with Crippen molar-refractivity contribution in [2.75, 3.05) is 19.7 Å². The molecular weight excluding hydrogens is 262 g/mol. The van der Waals surface area contributed by atoms with Crippen LogP contribution in [-0.4, -0.2) is 35.9 Å². The third kappa shape index (κ3) is 3.10. The van der Waals surface area contributed by atoms with Gasteiger partial charge >= 0.3 is 0 Å². The number of ether oxygens (including phenoxy) is 1. The van der Waals surface area contributed by atoms with E-state index in [-0.39, 0.29) is 0 Å². The first-order valence-electron chi connectivity index (χ1n) is 6.91. The van der Waals surface area contributed by atoms with E-state index >= 15 is 0 Å². The van der Waals surface area contributed by atoms with Crippen molar-refractivity contribution >= 4 is 16.8 Å². The second-order valence-corrected chi connectivity index (χ2v) is 5.73. The molecule has 1 saturated heterocycles. The SMILES string of the molecule is O=C(Cl)c1ccc(OCCCN2CCC3CC32)cc1. The van der Waals surface area contributed by atoms with E-state index in [1.165, 1.54) is 19.4 Å². The molecule has 0 spiro atoms. The monoisotopic (exact) mass is 279 g/mol. The Labute approximate surface area is 118 Å². The Morgan fingerprint density at radius 2 is 2.16 bits per heavy atom. The summed E-state index contributed by atoms with van der Waals surface area (Å²) in [5.74, 6) is 1.80. The maximum Gasteiger partial charge on any atom is 0.252 e. The molecule has 0 aromatic heterocycles. The lowest BCUT2D eigenvalue weighted by molar-refractivity contribution is 0.108. The Morgan fingerprint density at radius 1 is 1.37 bits per heavy atom. The number of fused-ring (bicyclic) bond motifs is 1. The highest BCUT2D eigenvalue weighted by Gasteiger charge is 2.46. The first-order chi connectivity index (χ1) is 9.24. The molecule has 2 atom stereocenters. The summed E-state index contributed by atoms with van der Waals surface area (Å²) in [6, 6.07) is 7.86. The Hall–Kier alpha value is -1.06. The summed E-state index contributed by atoms with van der Waals surface area (Å²) in [4.78, 5) is 13.5. The van der Waals surface area contributed by atoms with Gasteiger partial charge in [0.2, 0.25) is 0 Å². The Balaban J connectivity index is 1.38. The van der Waals surface area contributed by atoms with Gasteiger partial charge in [0.15, 0.2) is 0 Å². The molecule has 1 aliphatic carbocycles. The number of hydrogen-bond acceptors (Lipinski definition) is 3. The Bertz CT molecular complexity index is 460. The zero-order valence-corrected chi connectivity index (χ0v) is 11.6. The molecule has 0 amide bonds. The minimum atomic E-state index is -0.431. The highest BCUT2D eigenvalue weighted by atomic mass is 35.5. The maximum atomic E-state index is 10.9. The number of hydrogen-bond donors (Lipinski definition) is 0. The van der Waals surface area contributed by atoms with Crippen molar-refractivity contribution in [1.82, 2.24) is 4.90 Å². The van der Waals surface area contributed by atoms with Gasteiger partial charge in [-0.2, -0.15) is 0 Å². The zero-order valence-electron chi connectivity index (χ0n) is 10.8. The van der Waals surface area contributed by atoms with Crippen LogP contribution in [0.3, 0.4) is 0 Å². The first-order valence-corrected chi connectivity index (χ1v) is 7.28. The highest BCUT2D eigenvalue weighted by molar-refractivity contribution is 6.67. The summed E-state index contributed by atoms with van der Waals surface area (Å²) >= 11 is 5.39. The van der Waals surface area contributed by atoms with Gasteiger partial charge in [-0.15, -0.1) is 0 Å². The standard InChI is InChI=1S/C15H18ClNO2/c16-15(18)11-2-4-13(5-3-11)19-9-1-7-17-8-6-12-10-14(12)17/h2-5,12,14H,1,6-10H2. The molecule has 1 aliphatic heterocycles. The van der Waals surface area contributed by atoms with Gasteiger partial charge in [-0.3, -0.25) is 9.69 Å². The maximum absolute atomic E-state index is 10.9. The predicted molar refractivity (Wildman–Crippen MR) is 74.8 cm³/mol. The Kier molecular flexibility index (Phi) is 3.76. The van der Waals surface area contributed by atoms with Crippen LogP contribution in [0.4, 0.5) is 0 Å². The number of halogens is 1. The van der Waals surface area contributed by atoms with Crippen LogP contribution in [0.25, 0.3) is 0 Å². The van der Waals surface area contributed by atoms with E-state index in [1.807, 2.05) is 0 Å². The number of likely N-dealkylation sites (tertiary alicyclic amines) is 1. The number of carbonyl (C=O) groups excluding carboxylic acids is 1. The summed E-state index contributed by atoms with van der Waals surface area (Å²) in [6.07, 6.45) is 3.85. The van der Waals surface area contributed by atoms with Crippen molar-refractivity contribution in [2.45, 2.75) is 25.3 Å². The van der Waals surface area contributed by atoms with Crippen molar-refractivity contribution in [2.24, 2.45) is 5.92 Å².